The number of amides is 1. The van der Waals surface area contributed by atoms with Crippen molar-refractivity contribution in [1.82, 2.24) is 19.5 Å². The summed E-state index contributed by atoms with van der Waals surface area (Å²) in [6.45, 7) is 16.6. The van der Waals surface area contributed by atoms with Gasteiger partial charge in [0.25, 0.3) is 5.69 Å². The van der Waals surface area contributed by atoms with Crippen molar-refractivity contribution in [1.29, 1.82) is 0 Å². The second kappa shape index (κ2) is 9.45. The summed E-state index contributed by atoms with van der Waals surface area (Å²) in [6, 6.07) is 5.68. The molecule has 0 atom stereocenters. The first kappa shape index (κ1) is 24.3. The Morgan fingerprint density at radius 1 is 1.14 bits per heavy atom. The second-order valence-electron chi connectivity index (χ2n) is 9.66. The Kier molecular flexibility index (Phi) is 6.57. The van der Waals surface area contributed by atoms with E-state index >= 15 is 0 Å². The van der Waals surface area contributed by atoms with Crippen molar-refractivity contribution >= 4 is 17.4 Å². The van der Waals surface area contributed by atoms with Gasteiger partial charge in [-0.15, -0.1) is 0 Å². The van der Waals surface area contributed by atoms with Crippen LogP contribution in [0.1, 0.15) is 50.8 Å². The summed E-state index contributed by atoms with van der Waals surface area (Å²) in [4.78, 5) is 22.5. The van der Waals surface area contributed by atoms with Crippen molar-refractivity contribution in [2.45, 2.75) is 52.1 Å². The van der Waals surface area contributed by atoms with Gasteiger partial charge >= 0.3 is 6.09 Å². The fourth-order valence-corrected chi connectivity index (χ4v) is 4.47. The number of hydrogen-bond acceptors (Lipinski definition) is 6. The predicted molar refractivity (Wildman–Crippen MR) is 132 cm³/mol. The number of aromatic nitrogens is 3. The van der Waals surface area contributed by atoms with E-state index < -0.39 is 5.60 Å². The minimum Gasteiger partial charge on any atom is -0.496 e. The number of piperidine rings is 1. The number of carbonyl (C=O) groups is 1. The van der Waals surface area contributed by atoms with Crippen molar-refractivity contribution in [3.63, 3.8) is 0 Å². The summed E-state index contributed by atoms with van der Waals surface area (Å²) >= 11 is 0. The molecule has 2 aromatic heterocycles. The molecule has 0 bridgehead atoms. The van der Waals surface area contributed by atoms with Crippen LogP contribution in [0, 0.1) is 13.5 Å². The maximum absolute atomic E-state index is 12.5. The van der Waals surface area contributed by atoms with Gasteiger partial charge in [-0.2, -0.15) is 5.10 Å². The summed E-state index contributed by atoms with van der Waals surface area (Å²) in [6.07, 6.45) is 2.98. The van der Waals surface area contributed by atoms with Gasteiger partial charge < -0.3 is 19.1 Å². The number of carbonyl (C=O) groups excluding carboxylic acids is 1. The first-order valence-electron chi connectivity index (χ1n) is 11.6. The lowest BCUT2D eigenvalue weighted by molar-refractivity contribution is 0.0203. The van der Waals surface area contributed by atoms with E-state index in [1.54, 1.807) is 29.8 Å². The van der Waals surface area contributed by atoms with E-state index in [2.05, 4.69) is 9.83 Å². The summed E-state index contributed by atoms with van der Waals surface area (Å²) in [5.41, 5.74) is 3.48. The van der Waals surface area contributed by atoms with Crippen molar-refractivity contribution < 1.29 is 19.0 Å². The van der Waals surface area contributed by atoms with E-state index in [-0.39, 0.29) is 12.0 Å². The standard InChI is InChI=1S/C26H31N5O4/c1-16-20(33-6)14-18(15-21(16)34-7)22-23(27-5)24-28-11-8-19(31(24)29-22)17-9-12-30(13-10-17)25(32)35-26(2,3)4/h8,11,14-15,17H,9-10,12-13H2,1-4,6-7H3. The second-order valence-corrected chi connectivity index (χ2v) is 9.66. The Morgan fingerprint density at radius 2 is 1.77 bits per heavy atom. The number of likely N-dealkylation sites (tertiary alicyclic amines) is 1. The molecule has 0 N–H and O–H groups in total. The first-order valence-corrected chi connectivity index (χ1v) is 11.6. The summed E-state index contributed by atoms with van der Waals surface area (Å²) in [5, 5.41) is 4.84. The third-order valence-electron chi connectivity index (χ3n) is 6.23. The van der Waals surface area contributed by atoms with Crippen LogP contribution in [0.3, 0.4) is 0 Å². The van der Waals surface area contributed by atoms with Gasteiger partial charge in [0, 0.05) is 36.5 Å². The van der Waals surface area contributed by atoms with Crippen LogP contribution in [0.2, 0.25) is 0 Å². The molecule has 0 saturated carbocycles. The van der Waals surface area contributed by atoms with E-state index in [4.69, 9.17) is 25.9 Å². The highest BCUT2D eigenvalue weighted by Crippen LogP contribution is 2.40. The van der Waals surface area contributed by atoms with Gasteiger partial charge in [0.2, 0.25) is 0 Å². The average Bonchev–Trinajstić information content (AvgIpc) is 3.22. The first-order chi connectivity index (χ1) is 16.7. The van der Waals surface area contributed by atoms with Gasteiger partial charge in [0.15, 0.2) is 5.65 Å². The molecule has 1 saturated heterocycles. The van der Waals surface area contributed by atoms with Crippen LogP contribution in [0.5, 0.6) is 11.5 Å². The molecular formula is C26H31N5O4. The van der Waals surface area contributed by atoms with Crippen LogP contribution in [0.25, 0.3) is 21.7 Å². The minimum absolute atomic E-state index is 0.174. The van der Waals surface area contributed by atoms with Gasteiger partial charge in [0.1, 0.15) is 22.8 Å². The highest BCUT2D eigenvalue weighted by molar-refractivity contribution is 5.87. The highest BCUT2D eigenvalue weighted by Gasteiger charge is 2.29. The molecule has 1 amide bonds. The van der Waals surface area contributed by atoms with Gasteiger partial charge in [-0.1, -0.05) is 0 Å². The maximum Gasteiger partial charge on any atom is 0.410 e. The van der Waals surface area contributed by atoms with E-state index in [0.717, 1.165) is 29.7 Å². The van der Waals surface area contributed by atoms with Crippen LogP contribution in [0.4, 0.5) is 10.5 Å². The maximum atomic E-state index is 12.5. The largest absolute Gasteiger partial charge is 0.496 e. The molecule has 0 unspecified atom stereocenters. The monoisotopic (exact) mass is 477 g/mol. The molecule has 184 valence electrons. The van der Waals surface area contributed by atoms with E-state index in [1.807, 2.05) is 45.9 Å². The fraction of sp³-hybridized carbons (Fsp3) is 0.462. The van der Waals surface area contributed by atoms with Gasteiger partial charge in [-0.05, 0) is 64.3 Å². The molecule has 0 radical (unpaired) electrons. The zero-order valence-corrected chi connectivity index (χ0v) is 21.1. The summed E-state index contributed by atoms with van der Waals surface area (Å²) in [5.74, 6) is 1.50. The Hall–Kier alpha value is -3.80. The van der Waals surface area contributed by atoms with Crippen LogP contribution in [-0.2, 0) is 4.74 Å². The highest BCUT2D eigenvalue weighted by atomic mass is 16.6. The number of fused-ring (bicyclic) bond motifs is 1. The average molecular weight is 478 g/mol. The molecule has 4 rings (SSSR count). The number of ether oxygens (including phenoxy) is 3. The third-order valence-corrected chi connectivity index (χ3v) is 6.23. The Morgan fingerprint density at radius 3 is 2.31 bits per heavy atom. The molecule has 3 aromatic rings. The Bertz CT molecular complexity index is 1270. The summed E-state index contributed by atoms with van der Waals surface area (Å²) in [7, 11) is 3.21. The Balaban J connectivity index is 1.69. The SMILES string of the molecule is [C-]#[N+]c1c(-c2cc(OC)c(C)c(OC)c2)nn2c(C3CCN(C(=O)OC(C)(C)C)CC3)ccnc12. The molecule has 1 aliphatic rings. The molecule has 3 heterocycles. The van der Waals surface area contributed by atoms with Crippen LogP contribution >= 0.6 is 0 Å². The summed E-state index contributed by atoms with van der Waals surface area (Å²) < 4.78 is 18.3. The molecule has 1 aromatic carbocycles. The molecule has 1 fully saturated rings. The van der Waals surface area contributed by atoms with Crippen molar-refractivity contribution in [3.8, 4) is 22.8 Å². The number of benzene rings is 1. The zero-order chi connectivity index (χ0) is 25.3. The predicted octanol–water partition coefficient (Wildman–Crippen LogP) is 5.39. The lowest BCUT2D eigenvalue weighted by atomic mass is 9.93. The van der Waals surface area contributed by atoms with Crippen molar-refractivity contribution in [2.24, 2.45) is 0 Å². The van der Waals surface area contributed by atoms with Crippen LogP contribution < -0.4 is 9.47 Å². The fourth-order valence-electron chi connectivity index (χ4n) is 4.47. The van der Waals surface area contributed by atoms with E-state index in [1.165, 1.54) is 0 Å². The smallest absolute Gasteiger partial charge is 0.410 e. The van der Waals surface area contributed by atoms with Gasteiger partial charge in [-0.3, -0.25) is 0 Å². The molecular weight excluding hydrogens is 446 g/mol. The van der Waals surface area contributed by atoms with E-state index in [9.17, 15) is 4.79 Å². The normalized spacial score (nSPS) is 14.6. The topological polar surface area (TPSA) is 82.6 Å². The molecule has 35 heavy (non-hydrogen) atoms. The van der Waals surface area contributed by atoms with Crippen molar-refractivity contribution in [3.05, 3.63) is 47.1 Å². The molecule has 0 spiro atoms. The molecule has 9 heteroatoms. The van der Waals surface area contributed by atoms with E-state index in [0.29, 0.717) is 41.6 Å². The number of nitrogens with zero attached hydrogens (tertiary/aromatic N) is 5. The van der Waals surface area contributed by atoms with Crippen LogP contribution in [0.15, 0.2) is 24.4 Å². The van der Waals surface area contributed by atoms with Gasteiger partial charge in [0.05, 0.1) is 20.8 Å². The number of rotatable bonds is 4. The molecule has 0 aliphatic carbocycles. The minimum atomic E-state index is -0.520. The quantitative estimate of drug-likeness (QED) is 0.469. The zero-order valence-electron chi connectivity index (χ0n) is 21.1. The lowest BCUT2D eigenvalue weighted by Gasteiger charge is -2.33. The van der Waals surface area contributed by atoms with Crippen molar-refractivity contribution in [2.75, 3.05) is 27.3 Å². The number of methoxy groups -OCH3 is 2. The molecule has 9 nitrogen and oxygen atoms in total. The van der Waals surface area contributed by atoms with Gasteiger partial charge in [-0.25, -0.2) is 19.1 Å². The molecule has 1 aliphatic heterocycles. The lowest BCUT2D eigenvalue weighted by Crippen LogP contribution is -2.41. The Labute approximate surface area is 205 Å². The number of hydrogen-bond donors (Lipinski definition) is 0. The third kappa shape index (κ3) is 4.74. The van der Waals surface area contributed by atoms with Crippen LogP contribution in [-0.4, -0.2) is 58.5 Å².